The summed E-state index contributed by atoms with van der Waals surface area (Å²) in [5.41, 5.74) is 2.59. The van der Waals surface area contributed by atoms with Crippen LogP contribution in [0, 0.1) is 0 Å². The zero-order valence-corrected chi connectivity index (χ0v) is 13.4. The quantitative estimate of drug-likeness (QED) is 0.661. The maximum atomic E-state index is 5.53. The lowest BCUT2D eigenvalue weighted by Gasteiger charge is -2.35. The molecule has 2 aromatic heterocycles. The molecule has 3 rings (SSSR count). The molecule has 1 aliphatic heterocycles. The van der Waals surface area contributed by atoms with Crippen molar-refractivity contribution in [2.24, 2.45) is 5.84 Å². The van der Waals surface area contributed by atoms with Gasteiger partial charge in [0.15, 0.2) is 0 Å². The van der Waals surface area contributed by atoms with E-state index < -0.39 is 0 Å². The number of aryl methyl sites for hydroxylation is 1. The lowest BCUT2D eigenvalue weighted by atomic mass is 10.2. The van der Waals surface area contributed by atoms with Crippen LogP contribution in [0.25, 0.3) is 10.2 Å². The summed E-state index contributed by atoms with van der Waals surface area (Å²) in [5.74, 6) is 7.04. The maximum Gasteiger partial charge on any atom is 0.240 e. The fraction of sp³-hybridized carbons (Fsp3) is 0.571. The lowest BCUT2D eigenvalue weighted by Crippen LogP contribution is -2.46. The molecular formula is C14H22N6S. The van der Waals surface area contributed by atoms with E-state index in [-0.39, 0.29) is 0 Å². The molecule has 0 aromatic carbocycles. The number of nitrogens with zero attached hydrogens (tertiary/aromatic N) is 4. The predicted octanol–water partition coefficient (Wildman–Crippen LogP) is 1.68. The van der Waals surface area contributed by atoms with Gasteiger partial charge in [-0.05, 0) is 19.0 Å². The van der Waals surface area contributed by atoms with Gasteiger partial charge < -0.3 is 9.80 Å². The van der Waals surface area contributed by atoms with Crippen LogP contribution in [0.5, 0.6) is 0 Å². The first-order chi connectivity index (χ1) is 10.2. The Labute approximate surface area is 128 Å². The van der Waals surface area contributed by atoms with E-state index in [2.05, 4.69) is 45.1 Å². The molecule has 0 spiro atoms. The van der Waals surface area contributed by atoms with E-state index in [0.29, 0.717) is 5.95 Å². The number of nitrogens with one attached hydrogen (secondary N) is 1. The van der Waals surface area contributed by atoms with E-state index in [9.17, 15) is 0 Å². The van der Waals surface area contributed by atoms with Gasteiger partial charge in [0.2, 0.25) is 5.95 Å². The minimum atomic E-state index is 0.500. The van der Waals surface area contributed by atoms with E-state index >= 15 is 0 Å². The van der Waals surface area contributed by atoms with Crippen LogP contribution in [-0.2, 0) is 6.42 Å². The number of hydrogen-bond donors (Lipinski definition) is 2. The number of nitrogen functional groups attached to an aromatic ring is 1. The van der Waals surface area contributed by atoms with Crippen LogP contribution in [0.1, 0.15) is 18.7 Å². The van der Waals surface area contributed by atoms with Crippen molar-refractivity contribution in [1.82, 2.24) is 14.9 Å². The molecule has 1 fully saturated rings. The average Bonchev–Trinajstić information content (AvgIpc) is 2.97. The number of thiophene rings is 1. The number of anilines is 2. The van der Waals surface area contributed by atoms with Crippen LogP contribution in [0.15, 0.2) is 6.07 Å². The fourth-order valence-corrected chi connectivity index (χ4v) is 3.67. The smallest absolute Gasteiger partial charge is 0.240 e. The van der Waals surface area contributed by atoms with Gasteiger partial charge in [0.1, 0.15) is 10.6 Å². The average molecular weight is 306 g/mol. The number of likely N-dealkylation sites (N-methyl/N-ethyl adjacent to an activating group) is 1. The second-order valence-electron chi connectivity index (χ2n) is 5.22. The van der Waals surface area contributed by atoms with E-state index in [1.54, 1.807) is 11.3 Å². The maximum absolute atomic E-state index is 5.53. The van der Waals surface area contributed by atoms with Crippen molar-refractivity contribution >= 4 is 33.3 Å². The summed E-state index contributed by atoms with van der Waals surface area (Å²) in [4.78, 5) is 16.3. The van der Waals surface area contributed by atoms with Gasteiger partial charge in [-0.25, -0.2) is 10.8 Å². The van der Waals surface area contributed by atoms with Crippen molar-refractivity contribution in [3.05, 3.63) is 10.9 Å². The third kappa shape index (κ3) is 2.81. The Bertz CT molecular complexity index is 617. The van der Waals surface area contributed by atoms with Gasteiger partial charge in [-0.3, -0.25) is 5.43 Å². The van der Waals surface area contributed by atoms with Crippen LogP contribution >= 0.6 is 11.3 Å². The Morgan fingerprint density at radius 3 is 2.62 bits per heavy atom. The molecule has 1 saturated heterocycles. The van der Waals surface area contributed by atoms with Gasteiger partial charge in [-0.2, -0.15) is 4.98 Å². The summed E-state index contributed by atoms with van der Waals surface area (Å²) in [6, 6.07) is 2.22. The number of rotatable bonds is 4. The van der Waals surface area contributed by atoms with Crippen molar-refractivity contribution in [2.75, 3.05) is 43.0 Å². The third-order valence-corrected chi connectivity index (χ3v) is 5.19. The summed E-state index contributed by atoms with van der Waals surface area (Å²) < 4.78 is 0. The van der Waals surface area contributed by atoms with Crippen molar-refractivity contribution < 1.29 is 0 Å². The molecule has 21 heavy (non-hydrogen) atoms. The largest absolute Gasteiger partial charge is 0.353 e. The molecular weight excluding hydrogens is 284 g/mol. The Kier molecular flexibility index (Phi) is 4.23. The third-order valence-electron chi connectivity index (χ3n) is 4.02. The molecule has 3 N–H and O–H groups in total. The molecule has 2 aromatic rings. The molecule has 0 saturated carbocycles. The first-order valence-corrected chi connectivity index (χ1v) is 8.31. The molecule has 1 aliphatic rings. The topological polar surface area (TPSA) is 70.3 Å². The highest BCUT2D eigenvalue weighted by atomic mass is 32.1. The molecule has 114 valence electrons. The van der Waals surface area contributed by atoms with Gasteiger partial charge in [0.25, 0.3) is 0 Å². The number of nitrogens with two attached hydrogens (primary N) is 1. The number of aromatic nitrogens is 2. The Balaban J connectivity index is 1.98. The second-order valence-corrected chi connectivity index (χ2v) is 6.34. The van der Waals surface area contributed by atoms with Crippen molar-refractivity contribution in [3.63, 3.8) is 0 Å². The SMILES string of the molecule is CCc1cc2c(N3CCN(CC)CC3)nc(NN)nc2s1. The molecule has 0 amide bonds. The van der Waals surface area contributed by atoms with Gasteiger partial charge in [0, 0.05) is 31.1 Å². The molecule has 6 nitrogen and oxygen atoms in total. The number of hydrogen-bond acceptors (Lipinski definition) is 7. The summed E-state index contributed by atoms with van der Waals surface area (Å²) in [6.07, 6.45) is 1.02. The number of fused-ring (bicyclic) bond motifs is 1. The van der Waals surface area contributed by atoms with Crippen molar-refractivity contribution in [2.45, 2.75) is 20.3 Å². The van der Waals surface area contributed by atoms with Crippen molar-refractivity contribution in [1.29, 1.82) is 0 Å². The predicted molar refractivity (Wildman–Crippen MR) is 88.9 cm³/mol. The van der Waals surface area contributed by atoms with Gasteiger partial charge in [0.05, 0.1) is 5.39 Å². The van der Waals surface area contributed by atoms with Crippen LogP contribution in [0.2, 0.25) is 0 Å². The Morgan fingerprint density at radius 2 is 2.00 bits per heavy atom. The monoisotopic (exact) mass is 306 g/mol. The lowest BCUT2D eigenvalue weighted by molar-refractivity contribution is 0.271. The first-order valence-electron chi connectivity index (χ1n) is 7.49. The van der Waals surface area contributed by atoms with E-state index in [1.165, 1.54) is 4.88 Å². The van der Waals surface area contributed by atoms with E-state index in [1.807, 2.05) is 0 Å². The summed E-state index contributed by atoms with van der Waals surface area (Å²) in [6.45, 7) is 9.65. The molecule has 0 atom stereocenters. The fourth-order valence-electron chi connectivity index (χ4n) is 2.71. The zero-order valence-electron chi connectivity index (χ0n) is 12.6. The highest BCUT2D eigenvalue weighted by Gasteiger charge is 2.21. The Hall–Kier alpha value is -1.44. The number of piperazine rings is 1. The van der Waals surface area contributed by atoms with E-state index in [4.69, 9.17) is 5.84 Å². The molecule has 0 aliphatic carbocycles. The normalized spacial score (nSPS) is 16.6. The molecule has 3 heterocycles. The summed E-state index contributed by atoms with van der Waals surface area (Å²) >= 11 is 1.73. The molecule has 7 heteroatoms. The van der Waals surface area contributed by atoms with Crippen LogP contribution in [0.4, 0.5) is 11.8 Å². The second kappa shape index (κ2) is 6.13. The number of hydrazine groups is 1. The molecule has 0 radical (unpaired) electrons. The highest BCUT2D eigenvalue weighted by Crippen LogP contribution is 2.32. The standard InChI is InChI=1S/C14H22N6S/c1-3-10-9-11-12(16-14(18-15)17-13(11)21-10)20-7-5-19(4-2)6-8-20/h9H,3-8,15H2,1-2H3,(H,16,17,18). The van der Waals surface area contributed by atoms with Crippen LogP contribution in [0.3, 0.4) is 0 Å². The van der Waals surface area contributed by atoms with E-state index in [0.717, 1.165) is 55.2 Å². The Morgan fingerprint density at radius 1 is 1.24 bits per heavy atom. The van der Waals surface area contributed by atoms with Gasteiger partial charge in [-0.1, -0.05) is 13.8 Å². The minimum absolute atomic E-state index is 0.500. The van der Waals surface area contributed by atoms with Gasteiger partial charge in [-0.15, -0.1) is 11.3 Å². The molecule has 0 unspecified atom stereocenters. The highest BCUT2D eigenvalue weighted by molar-refractivity contribution is 7.18. The minimum Gasteiger partial charge on any atom is -0.353 e. The van der Waals surface area contributed by atoms with Crippen LogP contribution in [-0.4, -0.2) is 47.6 Å². The molecule has 0 bridgehead atoms. The first kappa shape index (κ1) is 14.5. The van der Waals surface area contributed by atoms with Gasteiger partial charge >= 0.3 is 0 Å². The zero-order chi connectivity index (χ0) is 14.8. The summed E-state index contributed by atoms with van der Waals surface area (Å²) in [5, 5.41) is 1.15. The van der Waals surface area contributed by atoms with Crippen LogP contribution < -0.4 is 16.2 Å². The van der Waals surface area contributed by atoms with Crippen molar-refractivity contribution in [3.8, 4) is 0 Å². The summed E-state index contributed by atoms with van der Waals surface area (Å²) in [7, 11) is 0.